The molecule has 6 heteroatoms. The van der Waals surface area contributed by atoms with E-state index in [2.05, 4.69) is 10.6 Å². The SMILES string of the molecule is CCNC(=O)C1CCCCC1C(=O)NC(C)C(=O)O. The van der Waals surface area contributed by atoms with Crippen LogP contribution in [0.5, 0.6) is 0 Å². The third-order valence-electron chi connectivity index (χ3n) is 3.52. The van der Waals surface area contributed by atoms with Crippen LogP contribution in [-0.4, -0.2) is 35.5 Å². The van der Waals surface area contributed by atoms with E-state index < -0.39 is 17.9 Å². The fourth-order valence-electron chi connectivity index (χ4n) is 2.45. The van der Waals surface area contributed by atoms with Gasteiger partial charge in [-0.1, -0.05) is 12.8 Å². The van der Waals surface area contributed by atoms with Gasteiger partial charge in [0.15, 0.2) is 0 Å². The number of aliphatic carboxylic acids is 1. The van der Waals surface area contributed by atoms with E-state index in [1.807, 2.05) is 6.92 Å². The van der Waals surface area contributed by atoms with Crippen LogP contribution < -0.4 is 10.6 Å². The lowest BCUT2D eigenvalue weighted by Crippen LogP contribution is -2.47. The Kier molecular flexibility index (Phi) is 5.79. The summed E-state index contributed by atoms with van der Waals surface area (Å²) >= 11 is 0. The normalized spacial score (nSPS) is 24.3. The lowest BCUT2D eigenvalue weighted by molar-refractivity contribution is -0.143. The number of hydrogen-bond donors (Lipinski definition) is 3. The molecule has 0 spiro atoms. The molecule has 0 bridgehead atoms. The molecule has 0 heterocycles. The number of carbonyl (C=O) groups is 3. The van der Waals surface area contributed by atoms with Gasteiger partial charge in [-0.3, -0.25) is 14.4 Å². The summed E-state index contributed by atoms with van der Waals surface area (Å²) < 4.78 is 0. The number of carboxylic acids is 1. The van der Waals surface area contributed by atoms with Crippen molar-refractivity contribution in [2.75, 3.05) is 6.54 Å². The molecular weight excluding hydrogens is 248 g/mol. The van der Waals surface area contributed by atoms with Crippen molar-refractivity contribution in [1.82, 2.24) is 10.6 Å². The second-order valence-corrected chi connectivity index (χ2v) is 4.96. The number of hydrogen-bond acceptors (Lipinski definition) is 3. The Morgan fingerprint density at radius 3 is 2.16 bits per heavy atom. The molecule has 19 heavy (non-hydrogen) atoms. The fourth-order valence-corrected chi connectivity index (χ4v) is 2.45. The Bertz CT molecular complexity index is 357. The van der Waals surface area contributed by atoms with Crippen LogP contribution in [0.25, 0.3) is 0 Å². The molecule has 0 aromatic rings. The highest BCUT2D eigenvalue weighted by Crippen LogP contribution is 2.30. The number of carboxylic acid groups (broad SMARTS) is 1. The molecule has 0 radical (unpaired) electrons. The minimum atomic E-state index is -1.07. The molecule has 2 amide bonds. The molecule has 1 rings (SSSR count). The zero-order valence-electron chi connectivity index (χ0n) is 11.4. The van der Waals surface area contributed by atoms with Crippen molar-refractivity contribution in [3.63, 3.8) is 0 Å². The molecule has 1 aliphatic carbocycles. The van der Waals surface area contributed by atoms with Gasteiger partial charge < -0.3 is 15.7 Å². The highest BCUT2D eigenvalue weighted by Gasteiger charge is 2.36. The van der Waals surface area contributed by atoms with Crippen molar-refractivity contribution in [3.05, 3.63) is 0 Å². The molecule has 0 aromatic carbocycles. The van der Waals surface area contributed by atoms with Gasteiger partial charge in [-0.05, 0) is 26.7 Å². The van der Waals surface area contributed by atoms with Crippen LogP contribution in [0.1, 0.15) is 39.5 Å². The second-order valence-electron chi connectivity index (χ2n) is 4.96. The quantitative estimate of drug-likeness (QED) is 0.678. The molecule has 1 fully saturated rings. The summed E-state index contributed by atoms with van der Waals surface area (Å²) in [4.78, 5) is 34.7. The van der Waals surface area contributed by atoms with Crippen LogP contribution in [0.3, 0.4) is 0 Å². The van der Waals surface area contributed by atoms with E-state index in [4.69, 9.17) is 5.11 Å². The van der Waals surface area contributed by atoms with Gasteiger partial charge in [0, 0.05) is 18.4 Å². The molecule has 1 saturated carbocycles. The Hall–Kier alpha value is -1.59. The van der Waals surface area contributed by atoms with Crippen LogP contribution in [0.2, 0.25) is 0 Å². The summed E-state index contributed by atoms with van der Waals surface area (Å²) in [6.45, 7) is 3.79. The predicted octanol–water partition coefficient (Wildman–Crippen LogP) is 0.518. The Morgan fingerprint density at radius 2 is 1.68 bits per heavy atom. The smallest absolute Gasteiger partial charge is 0.325 e. The van der Waals surface area contributed by atoms with Gasteiger partial charge >= 0.3 is 5.97 Å². The number of amides is 2. The van der Waals surface area contributed by atoms with Gasteiger partial charge in [0.05, 0.1) is 0 Å². The second kappa shape index (κ2) is 7.11. The first kappa shape index (κ1) is 15.5. The maximum absolute atomic E-state index is 12.1. The molecule has 3 N–H and O–H groups in total. The van der Waals surface area contributed by atoms with E-state index in [0.29, 0.717) is 19.4 Å². The molecule has 0 aliphatic heterocycles. The molecule has 0 aromatic heterocycles. The average Bonchev–Trinajstić information content (AvgIpc) is 2.38. The van der Waals surface area contributed by atoms with Crippen molar-refractivity contribution in [2.45, 2.75) is 45.6 Å². The number of carbonyl (C=O) groups excluding carboxylic acids is 2. The fraction of sp³-hybridized carbons (Fsp3) is 0.769. The van der Waals surface area contributed by atoms with E-state index >= 15 is 0 Å². The lowest BCUT2D eigenvalue weighted by Gasteiger charge is -2.30. The molecule has 3 atom stereocenters. The number of rotatable bonds is 5. The van der Waals surface area contributed by atoms with E-state index in [1.54, 1.807) is 0 Å². The molecule has 108 valence electrons. The summed E-state index contributed by atoms with van der Waals surface area (Å²) in [6, 6.07) is -0.927. The van der Waals surface area contributed by atoms with Crippen molar-refractivity contribution < 1.29 is 19.5 Å². The van der Waals surface area contributed by atoms with Crippen LogP contribution in [-0.2, 0) is 14.4 Å². The Labute approximate surface area is 112 Å². The summed E-state index contributed by atoms with van der Waals surface area (Å²) in [7, 11) is 0. The predicted molar refractivity (Wildman–Crippen MR) is 69.4 cm³/mol. The molecular formula is C13H22N2O4. The zero-order valence-corrected chi connectivity index (χ0v) is 11.4. The van der Waals surface area contributed by atoms with Crippen LogP contribution in [0, 0.1) is 11.8 Å². The molecule has 0 saturated heterocycles. The van der Waals surface area contributed by atoms with Crippen molar-refractivity contribution in [3.8, 4) is 0 Å². The minimum Gasteiger partial charge on any atom is -0.480 e. The lowest BCUT2D eigenvalue weighted by atomic mass is 9.78. The van der Waals surface area contributed by atoms with Gasteiger partial charge in [0.1, 0.15) is 6.04 Å². The van der Waals surface area contributed by atoms with Crippen LogP contribution in [0.15, 0.2) is 0 Å². The first-order chi connectivity index (χ1) is 8.97. The van der Waals surface area contributed by atoms with Gasteiger partial charge in [0.25, 0.3) is 0 Å². The largest absolute Gasteiger partial charge is 0.480 e. The monoisotopic (exact) mass is 270 g/mol. The summed E-state index contributed by atoms with van der Waals surface area (Å²) in [5.74, 6) is -2.26. The van der Waals surface area contributed by atoms with Crippen LogP contribution in [0.4, 0.5) is 0 Å². The van der Waals surface area contributed by atoms with E-state index in [0.717, 1.165) is 12.8 Å². The van der Waals surface area contributed by atoms with Gasteiger partial charge in [-0.15, -0.1) is 0 Å². The first-order valence-corrected chi connectivity index (χ1v) is 6.78. The summed E-state index contributed by atoms with van der Waals surface area (Å²) in [5, 5.41) is 14.0. The molecule has 3 unspecified atom stereocenters. The van der Waals surface area contributed by atoms with Crippen molar-refractivity contribution in [1.29, 1.82) is 0 Å². The maximum atomic E-state index is 12.1. The summed E-state index contributed by atoms with van der Waals surface area (Å²) in [6.07, 6.45) is 3.15. The van der Waals surface area contributed by atoms with Crippen molar-refractivity contribution in [2.24, 2.45) is 11.8 Å². The van der Waals surface area contributed by atoms with E-state index in [-0.39, 0.29) is 17.7 Å². The third kappa shape index (κ3) is 4.22. The maximum Gasteiger partial charge on any atom is 0.325 e. The molecule has 1 aliphatic rings. The highest BCUT2D eigenvalue weighted by atomic mass is 16.4. The molecule has 6 nitrogen and oxygen atoms in total. The van der Waals surface area contributed by atoms with E-state index in [9.17, 15) is 14.4 Å². The van der Waals surface area contributed by atoms with Gasteiger partial charge in [-0.2, -0.15) is 0 Å². The first-order valence-electron chi connectivity index (χ1n) is 6.78. The zero-order chi connectivity index (χ0) is 14.4. The van der Waals surface area contributed by atoms with Crippen LogP contribution >= 0.6 is 0 Å². The standard InChI is InChI=1S/C13H22N2O4/c1-3-14-11(16)9-6-4-5-7-10(9)12(17)15-8(2)13(18)19/h8-10H,3-7H2,1-2H3,(H,14,16)(H,15,17)(H,18,19). The highest BCUT2D eigenvalue weighted by molar-refractivity contribution is 5.90. The average molecular weight is 270 g/mol. The Morgan fingerprint density at radius 1 is 1.16 bits per heavy atom. The third-order valence-corrected chi connectivity index (χ3v) is 3.52. The van der Waals surface area contributed by atoms with Crippen molar-refractivity contribution >= 4 is 17.8 Å². The Balaban J connectivity index is 2.68. The minimum absolute atomic E-state index is 0.106. The van der Waals surface area contributed by atoms with E-state index in [1.165, 1.54) is 6.92 Å². The van der Waals surface area contributed by atoms with Gasteiger partial charge in [-0.25, -0.2) is 0 Å². The summed E-state index contributed by atoms with van der Waals surface area (Å²) in [5.41, 5.74) is 0. The van der Waals surface area contributed by atoms with Gasteiger partial charge in [0.2, 0.25) is 11.8 Å². The number of nitrogens with one attached hydrogen (secondary N) is 2. The topological polar surface area (TPSA) is 95.5 Å².